The molecule has 2 aromatic heterocycles. The summed E-state index contributed by atoms with van der Waals surface area (Å²) in [6.07, 6.45) is 3.67. The highest BCUT2D eigenvalue weighted by molar-refractivity contribution is 7.15. The summed E-state index contributed by atoms with van der Waals surface area (Å²) in [6.45, 7) is 5.94. The summed E-state index contributed by atoms with van der Waals surface area (Å²) in [6, 6.07) is -0.0190. The Bertz CT molecular complexity index is 500. The molecular formula is C11H16N4OS. The minimum Gasteiger partial charge on any atom is -0.332 e. The van der Waals surface area contributed by atoms with Crippen molar-refractivity contribution in [3.63, 3.8) is 0 Å². The van der Waals surface area contributed by atoms with Gasteiger partial charge in [-0.1, -0.05) is 0 Å². The first-order chi connectivity index (χ1) is 8.26. The van der Waals surface area contributed by atoms with E-state index in [0.717, 1.165) is 23.7 Å². The Balaban J connectivity index is 1.99. The molecule has 2 amide bonds. The zero-order chi connectivity index (χ0) is 12.3. The SMILES string of the molecule is CCN(CC)C(=O)NCc1csc2nccn12. The summed E-state index contributed by atoms with van der Waals surface area (Å²) in [5.41, 5.74) is 1.06. The van der Waals surface area contributed by atoms with Gasteiger partial charge in [-0.3, -0.25) is 4.40 Å². The first kappa shape index (κ1) is 11.9. The number of fused-ring (bicyclic) bond motifs is 1. The lowest BCUT2D eigenvalue weighted by molar-refractivity contribution is 0.202. The molecule has 1 N–H and O–H groups in total. The molecule has 0 unspecified atom stereocenters. The molecule has 0 spiro atoms. The van der Waals surface area contributed by atoms with Gasteiger partial charge in [-0.2, -0.15) is 0 Å². The van der Waals surface area contributed by atoms with Gasteiger partial charge in [-0.05, 0) is 13.8 Å². The molecule has 0 atom stereocenters. The Morgan fingerprint density at radius 1 is 1.53 bits per heavy atom. The number of carbonyl (C=O) groups is 1. The Morgan fingerprint density at radius 3 is 3.00 bits per heavy atom. The summed E-state index contributed by atoms with van der Waals surface area (Å²) in [5, 5.41) is 4.93. The second-order valence-electron chi connectivity index (χ2n) is 3.64. The maximum atomic E-state index is 11.8. The molecule has 6 heteroatoms. The highest BCUT2D eigenvalue weighted by Gasteiger charge is 2.10. The standard InChI is InChI=1S/C11H16N4OS/c1-3-14(4-2)10(16)13-7-9-8-17-11-12-5-6-15(9)11/h5-6,8H,3-4,7H2,1-2H3,(H,13,16). The number of aromatic nitrogens is 2. The number of amides is 2. The maximum absolute atomic E-state index is 11.8. The molecule has 2 rings (SSSR count). The number of urea groups is 1. The van der Waals surface area contributed by atoms with E-state index < -0.39 is 0 Å². The van der Waals surface area contributed by atoms with Crippen molar-refractivity contribution < 1.29 is 4.79 Å². The summed E-state index contributed by atoms with van der Waals surface area (Å²) in [7, 11) is 0. The number of hydrogen-bond acceptors (Lipinski definition) is 3. The van der Waals surface area contributed by atoms with E-state index in [-0.39, 0.29) is 6.03 Å². The molecule has 2 aromatic rings. The first-order valence-corrected chi connectivity index (χ1v) is 6.56. The van der Waals surface area contributed by atoms with Gasteiger partial charge >= 0.3 is 6.03 Å². The van der Waals surface area contributed by atoms with Gasteiger partial charge in [0.15, 0.2) is 4.96 Å². The van der Waals surface area contributed by atoms with Crippen molar-refractivity contribution in [3.8, 4) is 0 Å². The molecule has 0 aliphatic carbocycles. The number of imidazole rings is 1. The van der Waals surface area contributed by atoms with Crippen LogP contribution in [0.1, 0.15) is 19.5 Å². The average Bonchev–Trinajstić information content (AvgIpc) is 2.90. The lowest BCUT2D eigenvalue weighted by Gasteiger charge is -2.18. The van der Waals surface area contributed by atoms with Gasteiger partial charge in [0.25, 0.3) is 0 Å². The fourth-order valence-corrected chi connectivity index (χ4v) is 2.54. The Kier molecular flexibility index (Phi) is 3.63. The van der Waals surface area contributed by atoms with Crippen molar-refractivity contribution in [3.05, 3.63) is 23.5 Å². The third-order valence-corrected chi connectivity index (χ3v) is 3.59. The first-order valence-electron chi connectivity index (χ1n) is 5.68. The van der Waals surface area contributed by atoms with Gasteiger partial charge in [0.1, 0.15) is 0 Å². The van der Waals surface area contributed by atoms with Crippen molar-refractivity contribution >= 4 is 22.3 Å². The van der Waals surface area contributed by atoms with Crippen molar-refractivity contribution in [2.24, 2.45) is 0 Å². The third-order valence-electron chi connectivity index (χ3n) is 2.69. The third kappa shape index (κ3) is 2.41. The predicted octanol–water partition coefficient (Wildman–Crippen LogP) is 1.95. The molecule has 2 heterocycles. The van der Waals surface area contributed by atoms with Crippen LogP contribution in [0.5, 0.6) is 0 Å². The molecule has 5 nitrogen and oxygen atoms in total. The number of carbonyl (C=O) groups excluding carboxylic acids is 1. The largest absolute Gasteiger partial charge is 0.332 e. The number of nitrogens with zero attached hydrogens (tertiary/aromatic N) is 3. The van der Waals surface area contributed by atoms with Gasteiger partial charge in [-0.15, -0.1) is 11.3 Å². The predicted molar refractivity (Wildman–Crippen MR) is 68.2 cm³/mol. The summed E-state index contributed by atoms with van der Waals surface area (Å²) < 4.78 is 1.99. The van der Waals surface area contributed by atoms with Crippen molar-refractivity contribution in [2.45, 2.75) is 20.4 Å². The number of rotatable bonds is 4. The Hall–Kier alpha value is -1.56. The molecular weight excluding hydrogens is 236 g/mol. The maximum Gasteiger partial charge on any atom is 0.317 e. The lowest BCUT2D eigenvalue weighted by Crippen LogP contribution is -2.39. The second kappa shape index (κ2) is 5.18. The molecule has 92 valence electrons. The van der Waals surface area contributed by atoms with Crippen LogP contribution in [0.15, 0.2) is 17.8 Å². The van der Waals surface area contributed by atoms with Gasteiger partial charge in [0.2, 0.25) is 0 Å². The van der Waals surface area contributed by atoms with Crippen LogP contribution in [0, 0.1) is 0 Å². The lowest BCUT2D eigenvalue weighted by atomic mass is 10.4. The van der Waals surface area contributed by atoms with E-state index in [1.54, 1.807) is 22.4 Å². The minimum absolute atomic E-state index is 0.0190. The van der Waals surface area contributed by atoms with Gasteiger partial charge in [0.05, 0.1) is 12.2 Å². The van der Waals surface area contributed by atoms with E-state index in [4.69, 9.17) is 0 Å². The van der Waals surface area contributed by atoms with Crippen LogP contribution >= 0.6 is 11.3 Å². The van der Waals surface area contributed by atoms with Crippen LogP contribution in [0.3, 0.4) is 0 Å². The van der Waals surface area contributed by atoms with Gasteiger partial charge in [0, 0.05) is 30.9 Å². The smallest absolute Gasteiger partial charge is 0.317 e. The van der Waals surface area contributed by atoms with Crippen LogP contribution in [-0.2, 0) is 6.54 Å². The summed E-state index contributed by atoms with van der Waals surface area (Å²) in [5.74, 6) is 0. The highest BCUT2D eigenvalue weighted by Crippen LogP contribution is 2.14. The Labute approximate surface area is 104 Å². The number of nitrogens with one attached hydrogen (secondary N) is 1. The molecule has 0 aliphatic heterocycles. The fourth-order valence-electron chi connectivity index (χ4n) is 1.69. The molecule has 0 radical (unpaired) electrons. The average molecular weight is 252 g/mol. The molecule has 0 bridgehead atoms. The normalized spacial score (nSPS) is 10.7. The van der Waals surface area contributed by atoms with Gasteiger partial charge in [-0.25, -0.2) is 9.78 Å². The van der Waals surface area contributed by atoms with Crippen LogP contribution in [0.25, 0.3) is 4.96 Å². The van der Waals surface area contributed by atoms with E-state index in [0.29, 0.717) is 6.54 Å². The van der Waals surface area contributed by atoms with Crippen LogP contribution < -0.4 is 5.32 Å². The second-order valence-corrected chi connectivity index (χ2v) is 4.47. The fraction of sp³-hybridized carbons (Fsp3) is 0.455. The highest BCUT2D eigenvalue weighted by atomic mass is 32.1. The summed E-state index contributed by atoms with van der Waals surface area (Å²) in [4.78, 5) is 18.7. The quantitative estimate of drug-likeness (QED) is 0.904. The zero-order valence-corrected chi connectivity index (χ0v) is 10.8. The molecule has 17 heavy (non-hydrogen) atoms. The topological polar surface area (TPSA) is 49.6 Å². The Morgan fingerprint density at radius 2 is 2.29 bits per heavy atom. The van der Waals surface area contributed by atoms with Crippen LogP contribution in [0.2, 0.25) is 0 Å². The minimum atomic E-state index is -0.0190. The van der Waals surface area contributed by atoms with Gasteiger partial charge < -0.3 is 10.2 Å². The summed E-state index contributed by atoms with van der Waals surface area (Å²) >= 11 is 1.58. The molecule has 0 fully saturated rings. The number of hydrogen-bond donors (Lipinski definition) is 1. The van der Waals surface area contributed by atoms with E-state index in [1.807, 2.05) is 29.8 Å². The van der Waals surface area contributed by atoms with E-state index in [2.05, 4.69) is 10.3 Å². The van der Waals surface area contributed by atoms with E-state index in [9.17, 15) is 4.79 Å². The van der Waals surface area contributed by atoms with Crippen molar-refractivity contribution in [1.29, 1.82) is 0 Å². The van der Waals surface area contributed by atoms with Crippen molar-refractivity contribution in [1.82, 2.24) is 19.6 Å². The van der Waals surface area contributed by atoms with Crippen LogP contribution in [-0.4, -0.2) is 33.4 Å². The zero-order valence-electron chi connectivity index (χ0n) is 10.0. The molecule has 0 aliphatic rings. The molecule has 0 saturated carbocycles. The molecule has 0 saturated heterocycles. The van der Waals surface area contributed by atoms with Crippen LogP contribution in [0.4, 0.5) is 4.79 Å². The van der Waals surface area contributed by atoms with Crippen molar-refractivity contribution in [2.75, 3.05) is 13.1 Å². The molecule has 0 aromatic carbocycles. The number of thiazole rings is 1. The van der Waals surface area contributed by atoms with E-state index >= 15 is 0 Å². The van der Waals surface area contributed by atoms with E-state index in [1.165, 1.54) is 0 Å². The monoisotopic (exact) mass is 252 g/mol.